The van der Waals surface area contributed by atoms with Crippen LogP contribution in [0.3, 0.4) is 0 Å². The first-order valence-electron chi connectivity index (χ1n) is 7.79. The molecule has 1 aliphatic heterocycles. The lowest BCUT2D eigenvalue weighted by molar-refractivity contribution is 0.190. The molecule has 1 aromatic rings. The van der Waals surface area contributed by atoms with Crippen LogP contribution in [0.4, 0.5) is 0 Å². The van der Waals surface area contributed by atoms with Crippen molar-refractivity contribution in [3.05, 3.63) is 29.6 Å². The van der Waals surface area contributed by atoms with Crippen molar-refractivity contribution >= 4 is 0 Å². The van der Waals surface area contributed by atoms with Gasteiger partial charge in [0.2, 0.25) is 0 Å². The fourth-order valence-corrected chi connectivity index (χ4v) is 3.50. The molecule has 0 saturated carbocycles. The number of rotatable bonds is 4. The topological polar surface area (TPSA) is 28.2 Å². The minimum absolute atomic E-state index is 0.499. The molecule has 3 nitrogen and oxygen atoms in total. The van der Waals surface area contributed by atoms with E-state index in [-0.39, 0.29) is 0 Å². The standard InChI is InChI=1S/C16H25N3/c1-2-10-19-11-7-14(8-12-19)18-15-6-5-13-4-3-9-17-16(13)15/h3-4,9,14-15,18H,2,5-8,10-12H2,1H3. The van der Waals surface area contributed by atoms with E-state index in [9.17, 15) is 0 Å². The van der Waals surface area contributed by atoms with Crippen LogP contribution in [0, 0.1) is 0 Å². The van der Waals surface area contributed by atoms with Crippen LogP contribution in [0.5, 0.6) is 0 Å². The maximum Gasteiger partial charge on any atom is 0.0605 e. The normalized spacial score (nSPS) is 24.6. The monoisotopic (exact) mass is 259 g/mol. The van der Waals surface area contributed by atoms with Gasteiger partial charge in [0.15, 0.2) is 0 Å². The smallest absolute Gasteiger partial charge is 0.0605 e. The molecule has 1 unspecified atom stereocenters. The van der Waals surface area contributed by atoms with Crippen molar-refractivity contribution in [2.24, 2.45) is 0 Å². The lowest BCUT2D eigenvalue weighted by atomic mass is 10.0. The molecule has 1 atom stereocenters. The van der Waals surface area contributed by atoms with E-state index in [2.05, 4.69) is 34.3 Å². The van der Waals surface area contributed by atoms with Gasteiger partial charge in [-0.1, -0.05) is 13.0 Å². The summed E-state index contributed by atoms with van der Waals surface area (Å²) >= 11 is 0. The van der Waals surface area contributed by atoms with Gasteiger partial charge in [-0.25, -0.2) is 0 Å². The summed E-state index contributed by atoms with van der Waals surface area (Å²) in [4.78, 5) is 7.17. The van der Waals surface area contributed by atoms with Gasteiger partial charge in [0.1, 0.15) is 0 Å². The third kappa shape index (κ3) is 2.98. The predicted molar refractivity (Wildman–Crippen MR) is 78.2 cm³/mol. The fourth-order valence-electron chi connectivity index (χ4n) is 3.50. The number of fused-ring (bicyclic) bond motifs is 1. The Morgan fingerprint density at radius 3 is 2.95 bits per heavy atom. The van der Waals surface area contributed by atoms with Gasteiger partial charge in [-0.2, -0.15) is 0 Å². The molecule has 1 fully saturated rings. The Bertz CT molecular complexity index is 410. The molecule has 1 N–H and O–H groups in total. The van der Waals surface area contributed by atoms with Crippen LogP contribution in [0.1, 0.15) is 49.9 Å². The highest BCUT2D eigenvalue weighted by molar-refractivity contribution is 5.28. The minimum atomic E-state index is 0.499. The third-order valence-corrected chi connectivity index (χ3v) is 4.52. The van der Waals surface area contributed by atoms with Crippen LogP contribution in [0.2, 0.25) is 0 Å². The second-order valence-corrected chi connectivity index (χ2v) is 5.92. The Kier molecular flexibility index (Phi) is 4.14. The molecule has 0 aromatic carbocycles. The van der Waals surface area contributed by atoms with Crippen molar-refractivity contribution < 1.29 is 0 Å². The van der Waals surface area contributed by atoms with Crippen LogP contribution >= 0.6 is 0 Å². The average molecular weight is 259 g/mol. The highest BCUT2D eigenvalue weighted by Crippen LogP contribution is 2.30. The van der Waals surface area contributed by atoms with Gasteiger partial charge < -0.3 is 10.2 Å². The number of pyridine rings is 1. The fraction of sp³-hybridized carbons (Fsp3) is 0.688. The maximum atomic E-state index is 4.58. The van der Waals surface area contributed by atoms with Crippen LogP contribution in [0.25, 0.3) is 0 Å². The summed E-state index contributed by atoms with van der Waals surface area (Å²) < 4.78 is 0. The van der Waals surface area contributed by atoms with E-state index in [0.29, 0.717) is 12.1 Å². The minimum Gasteiger partial charge on any atom is -0.306 e. The molecule has 1 aliphatic carbocycles. The van der Waals surface area contributed by atoms with E-state index in [1.807, 2.05) is 6.20 Å². The van der Waals surface area contributed by atoms with Gasteiger partial charge in [-0.15, -0.1) is 0 Å². The van der Waals surface area contributed by atoms with Crippen LogP contribution < -0.4 is 5.32 Å². The lowest BCUT2D eigenvalue weighted by Gasteiger charge is -2.33. The first-order chi connectivity index (χ1) is 9.36. The molecule has 104 valence electrons. The third-order valence-electron chi connectivity index (χ3n) is 4.52. The Balaban J connectivity index is 1.54. The van der Waals surface area contributed by atoms with Crippen molar-refractivity contribution in [3.63, 3.8) is 0 Å². The summed E-state index contributed by atoms with van der Waals surface area (Å²) in [6.45, 7) is 6.05. The molecule has 2 aliphatic rings. The van der Waals surface area contributed by atoms with Crippen molar-refractivity contribution in [3.8, 4) is 0 Å². The first kappa shape index (κ1) is 13.1. The quantitative estimate of drug-likeness (QED) is 0.900. The number of piperidine rings is 1. The van der Waals surface area contributed by atoms with E-state index in [4.69, 9.17) is 0 Å². The summed E-state index contributed by atoms with van der Waals surface area (Å²) in [5.74, 6) is 0. The van der Waals surface area contributed by atoms with Gasteiger partial charge in [-0.05, 0) is 63.4 Å². The number of aryl methyl sites for hydroxylation is 1. The Labute approximate surface area is 116 Å². The average Bonchev–Trinajstić information content (AvgIpc) is 2.85. The number of hydrogen-bond acceptors (Lipinski definition) is 3. The Morgan fingerprint density at radius 1 is 1.32 bits per heavy atom. The van der Waals surface area contributed by atoms with Crippen LogP contribution in [-0.4, -0.2) is 35.6 Å². The number of nitrogens with zero attached hydrogens (tertiary/aromatic N) is 2. The lowest BCUT2D eigenvalue weighted by Crippen LogP contribution is -2.43. The molecule has 3 rings (SSSR count). The number of hydrogen-bond donors (Lipinski definition) is 1. The number of aromatic nitrogens is 1. The highest BCUT2D eigenvalue weighted by Gasteiger charge is 2.27. The van der Waals surface area contributed by atoms with E-state index in [0.717, 1.165) is 0 Å². The molecule has 0 spiro atoms. The van der Waals surface area contributed by atoms with Gasteiger partial charge in [0, 0.05) is 12.2 Å². The zero-order chi connectivity index (χ0) is 13.1. The van der Waals surface area contributed by atoms with Crippen LogP contribution in [0.15, 0.2) is 18.3 Å². The SMILES string of the molecule is CCCN1CCC(NC2CCc3cccnc32)CC1. The number of likely N-dealkylation sites (tertiary alicyclic amines) is 1. The van der Waals surface area contributed by atoms with E-state index in [1.165, 1.54) is 63.0 Å². The van der Waals surface area contributed by atoms with Gasteiger partial charge in [-0.3, -0.25) is 4.98 Å². The molecular formula is C16H25N3. The first-order valence-corrected chi connectivity index (χ1v) is 7.79. The highest BCUT2D eigenvalue weighted by atomic mass is 15.1. The summed E-state index contributed by atoms with van der Waals surface area (Å²) in [7, 11) is 0. The van der Waals surface area contributed by atoms with Crippen molar-refractivity contribution in [2.75, 3.05) is 19.6 Å². The molecular weight excluding hydrogens is 234 g/mol. The van der Waals surface area contributed by atoms with Crippen LogP contribution in [-0.2, 0) is 6.42 Å². The molecule has 19 heavy (non-hydrogen) atoms. The molecule has 3 heteroatoms. The zero-order valence-electron chi connectivity index (χ0n) is 11.9. The predicted octanol–water partition coefficient (Wildman–Crippen LogP) is 2.53. The molecule has 0 radical (unpaired) electrons. The molecule has 2 heterocycles. The zero-order valence-corrected chi connectivity index (χ0v) is 11.9. The molecule has 0 bridgehead atoms. The van der Waals surface area contributed by atoms with Crippen molar-refractivity contribution in [1.29, 1.82) is 0 Å². The summed E-state index contributed by atoms with van der Waals surface area (Å²) in [5.41, 5.74) is 2.75. The van der Waals surface area contributed by atoms with E-state index in [1.54, 1.807) is 0 Å². The largest absolute Gasteiger partial charge is 0.306 e. The Hall–Kier alpha value is -0.930. The van der Waals surface area contributed by atoms with Crippen molar-refractivity contribution in [1.82, 2.24) is 15.2 Å². The summed E-state index contributed by atoms with van der Waals surface area (Å²) in [6, 6.07) is 5.48. The summed E-state index contributed by atoms with van der Waals surface area (Å²) in [6.07, 6.45) is 8.20. The van der Waals surface area contributed by atoms with Gasteiger partial charge in [0.25, 0.3) is 0 Å². The van der Waals surface area contributed by atoms with Gasteiger partial charge in [0.05, 0.1) is 11.7 Å². The van der Waals surface area contributed by atoms with E-state index >= 15 is 0 Å². The Morgan fingerprint density at radius 2 is 2.16 bits per heavy atom. The second-order valence-electron chi connectivity index (χ2n) is 5.92. The summed E-state index contributed by atoms with van der Waals surface area (Å²) in [5, 5.41) is 3.85. The molecule has 0 amide bonds. The van der Waals surface area contributed by atoms with E-state index < -0.39 is 0 Å². The maximum absolute atomic E-state index is 4.58. The van der Waals surface area contributed by atoms with Gasteiger partial charge >= 0.3 is 0 Å². The van der Waals surface area contributed by atoms with Crippen molar-refractivity contribution in [2.45, 2.75) is 51.1 Å². The second kappa shape index (κ2) is 6.02. The number of nitrogens with one attached hydrogen (secondary N) is 1. The molecule has 1 aromatic heterocycles. The molecule has 1 saturated heterocycles.